The van der Waals surface area contributed by atoms with Crippen LogP contribution in [0.15, 0.2) is 0 Å². The van der Waals surface area contributed by atoms with E-state index < -0.39 is 13.0 Å². The number of hydrogen-bond donors (Lipinski definition) is 1. The molecule has 0 saturated carbocycles. The summed E-state index contributed by atoms with van der Waals surface area (Å²) in [4.78, 5) is 0. The minimum atomic E-state index is -2.35. The van der Waals surface area contributed by atoms with E-state index in [1.165, 1.54) is 12.8 Å². The van der Waals surface area contributed by atoms with Crippen molar-refractivity contribution in [3.8, 4) is 0 Å². The maximum Gasteiger partial charge on any atom is 0.261 e. The van der Waals surface area contributed by atoms with Crippen LogP contribution in [-0.2, 0) is 4.74 Å². The van der Waals surface area contributed by atoms with Crippen LogP contribution in [0.3, 0.4) is 0 Å². The van der Waals surface area contributed by atoms with Crippen molar-refractivity contribution in [2.75, 3.05) is 19.8 Å². The first-order valence-corrected chi connectivity index (χ1v) is 5.79. The van der Waals surface area contributed by atoms with Gasteiger partial charge in [-0.1, -0.05) is 26.7 Å². The molecule has 0 bridgehead atoms. The monoisotopic (exact) mass is 223 g/mol. The third-order valence-electron chi connectivity index (χ3n) is 2.25. The summed E-state index contributed by atoms with van der Waals surface area (Å²) >= 11 is 0. The van der Waals surface area contributed by atoms with Crippen LogP contribution in [0.5, 0.6) is 0 Å². The molecule has 0 aromatic heterocycles. The smallest absolute Gasteiger partial charge is 0.261 e. The molecule has 0 amide bonds. The summed E-state index contributed by atoms with van der Waals surface area (Å²) in [6.45, 7) is 5.11. The number of ether oxygens (including phenoxy) is 1. The molecule has 92 valence electrons. The molecular formula is C11H23F2NO. The van der Waals surface area contributed by atoms with E-state index in [2.05, 4.69) is 19.2 Å². The maximum atomic E-state index is 11.8. The van der Waals surface area contributed by atoms with Crippen LogP contribution < -0.4 is 5.32 Å². The zero-order chi connectivity index (χ0) is 11.5. The summed E-state index contributed by atoms with van der Waals surface area (Å²) in [7, 11) is 0. The number of unbranched alkanes of at least 4 members (excludes halogenated alkanes) is 1. The number of alkyl halides is 2. The van der Waals surface area contributed by atoms with Crippen LogP contribution in [0.2, 0.25) is 0 Å². The molecule has 0 saturated heterocycles. The van der Waals surface area contributed by atoms with Crippen LogP contribution in [0.1, 0.15) is 39.5 Å². The first-order valence-electron chi connectivity index (χ1n) is 5.79. The molecule has 0 aromatic carbocycles. The highest BCUT2D eigenvalue weighted by molar-refractivity contribution is 4.65. The van der Waals surface area contributed by atoms with Crippen molar-refractivity contribution in [3.05, 3.63) is 0 Å². The van der Waals surface area contributed by atoms with Crippen LogP contribution in [0.25, 0.3) is 0 Å². The zero-order valence-corrected chi connectivity index (χ0v) is 9.77. The minimum Gasteiger partial charge on any atom is -0.375 e. The van der Waals surface area contributed by atoms with E-state index in [9.17, 15) is 8.78 Å². The molecule has 0 aliphatic rings. The zero-order valence-electron chi connectivity index (χ0n) is 9.77. The SMILES string of the molecule is CCCCC(CCOCC(F)F)NCC. The molecule has 0 aliphatic carbocycles. The first kappa shape index (κ1) is 14.8. The van der Waals surface area contributed by atoms with Crippen LogP contribution in [0.4, 0.5) is 8.78 Å². The molecule has 1 unspecified atom stereocenters. The summed E-state index contributed by atoms with van der Waals surface area (Å²) in [5.41, 5.74) is 0. The van der Waals surface area contributed by atoms with Gasteiger partial charge in [-0.05, 0) is 19.4 Å². The van der Waals surface area contributed by atoms with Crippen LogP contribution >= 0.6 is 0 Å². The lowest BCUT2D eigenvalue weighted by atomic mass is 10.1. The molecule has 0 heterocycles. The van der Waals surface area contributed by atoms with Crippen LogP contribution in [-0.4, -0.2) is 32.2 Å². The highest BCUT2D eigenvalue weighted by atomic mass is 19.3. The lowest BCUT2D eigenvalue weighted by Gasteiger charge is -2.17. The summed E-state index contributed by atoms with van der Waals surface area (Å²) < 4.78 is 28.4. The molecule has 0 rings (SSSR count). The van der Waals surface area contributed by atoms with Gasteiger partial charge in [-0.15, -0.1) is 0 Å². The number of nitrogens with one attached hydrogen (secondary N) is 1. The fourth-order valence-electron chi connectivity index (χ4n) is 1.49. The van der Waals surface area contributed by atoms with Gasteiger partial charge in [-0.2, -0.15) is 0 Å². The quantitative estimate of drug-likeness (QED) is 0.575. The van der Waals surface area contributed by atoms with E-state index in [0.717, 1.165) is 19.4 Å². The van der Waals surface area contributed by atoms with Gasteiger partial charge in [0.2, 0.25) is 0 Å². The third-order valence-corrected chi connectivity index (χ3v) is 2.25. The predicted molar refractivity (Wildman–Crippen MR) is 58.4 cm³/mol. The van der Waals surface area contributed by atoms with Crippen molar-refractivity contribution in [2.45, 2.75) is 52.0 Å². The van der Waals surface area contributed by atoms with Gasteiger partial charge < -0.3 is 10.1 Å². The van der Waals surface area contributed by atoms with Gasteiger partial charge in [0.15, 0.2) is 0 Å². The Kier molecular flexibility index (Phi) is 10.2. The molecule has 0 aliphatic heterocycles. The average Bonchev–Trinajstić information content (AvgIpc) is 2.20. The second-order valence-electron chi connectivity index (χ2n) is 3.65. The Morgan fingerprint density at radius 3 is 2.47 bits per heavy atom. The van der Waals surface area contributed by atoms with Crippen molar-refractivity contribution in [3.63, 3.8) is 0 Å². The number of halogens is 2. The molecule has 0 aromatic rings. The predicted octanol–water partition coefficient (Wildman–Crippen LogP) is 2.83. The lowest BCUT2D eigenvalue weighted by Crippen LogP contribution is -2.30. The van der Waals surface area contributed by atoms with E-state index in [1.54, 1.807) is 0 Å². The van der Waals surface area contributed by atoms with Crippen molar-refractivity contribution < 1.29 is 13.5 Å². The number of hydrogen-bond acceptors (Lipinski definition) is 2. The maximum absolute atomic E-state index is 11.8. The molecule has 15 heavy (non-hydrogen) atoms. The van der Waals surface area contributed by atoms with Gasteiger partial charge in [0.05, 0.1) is 0 Å². The Morgan fingerprint density at radius 1 is 1.20 bits per heavy atom. The molecule has 0 radical (unpaired) electrons. The normalized spacial score (nSPS) is 13.4. The molecule has 0 fully saturated rings. The largest absolute Gasteiger partial charge is 0.375 e. The van der Waals surface area contributed by atoms with Gasteiger partial charge in [-0.3, -0.25) is 0 Å². The van der Waals surface area contributed by atoms with E-state index >= 15 is 0 Å². The first-order chi connectivity index (χ1) is 7.20. The Balaban J connectivity index is 3.47. The van der Waals surface area contributed by atoms with E-state index in [-0.39, 0.29) is 0 Å². The van der Waals surface area contributed by atoms with Gasteiger partial charge >= 0.3 is 0 Å². The Hall–Kier alpha value is -0.220. The molecular weight excluding hydrogens is 200 g/mol. The summed E-state index contributed by atoms with van der Waals surface area (Å²) in [6, 6.07) is 0.410. The molecule has 1 atom stereocenters. The topological polar surface area (TPSA) is 21.3 Å². The molecule has 0 spiro atoms. The van der Waals surface area contributed by atoms with Crippen molar-refractivity contribution >= 4 is 0 Å². The van der Waals surface area contributed by atoms with Gasteiger partial charge in [0.25, 0.3) is 6.43 Å². The third kappa shape index (κ3) is 10.1. The second-order valence-corrected chi connectivity index (χ2v) is 3.65. The molecule has 4 heteroatoms. The van der Waals surface area contributed by atoms with Crippen molar-refractivity contribution in [2.24, 2.45) is 0 Å². The van der Waals surface area contributed by atoms with Crippen molar-refractivity contribution in [1.82, 2.24) is 5.32 Å². The Morgan fingerprint density at radius 2 is 1.93 bits per heavy atom. The highest BCUT2D eigenvalue weighted by Gasteiger charge is 2.07. The van der Waals surface area contributed by atoms with Gasteiger partial charge in [-0.25, -0.2) is 8.78 Å². The Bertz CT molecular complexity index is 134. The van der Waals surface area contributed by atoms with Crippen LogP contribution in [0, 0.1) is 0 Å². The summed E-state index contributed by atoms with van der Waals surface area (Å²) in [5, 5.41) is 3.34. The van der Waals surface area contributed by atoms with E-state index in [1.807, 2.05) is 0 Å². The molecule has 1 N–H and O–H groups in total. The highest BCUT2D eigenvalue weighted by Crippen LogP contribution is 2.05. The number of rotatable bonds is 10. The fraction of sp³-hybridized carbons (Fsp3) is 1.00. The standard InChI is InChI=1S/C11H23F2NO/c1-3-5-6-10(14-4-2)7-8-15-9-11(12)13/h10-11,14H,3-9H2,1-2H3. The minimum absolute atomic E-state index is 0.410. The molecule has 2 nitrogen and oxygen atoms in total. The Labute approximate surface area is 91.4 Å². The van der Waals surface area contributed by atoms with Gasteiger partial charge in [0.1, 0.15) is 6.61 Å². The van der Waals surface area contributed by atoms with Crippen molar-refractivity contribution in [1.29, 1.82) is 0 Å². The lowest BCUT2D eigenvalue weighted by molar-refractivity contribution is 0.0142. The fourth-order valence-corrected chi connectivity index (χ4v) is 1.49. The van der Waals surface area contributed by atoms with E-state index in [4.69, 9.17) is 4.74 Å². The van der Waals surface area contributed by atoms with Gasteiger partial charge in [0, 0.05) is 12.6 Å². The summed E-state index contributed by atoms with van der Waals surface area (Å²) in [6.07, 6.45) is 1.91. The average molecular weight is 223 g/mol. The summed E-state index contributed by atoms with van der Waals surface area (Å²) in [5.74, 6) is 0. The van der Waals surface area contributed by atoms with E-state index in [0.29, 0.717) is 12.6 Å². The second kappa shape index (κ2) is 10.3.